The smallest absolute Gasteiger partial charge is 0.354 e. The fraction of sp³-hybridized carbons (Fsp3) is 0.238. The molecule has 136 valence electrons. The predicted octanol–water partition coefficient (Wildman–Crippen LogP) is 4.14. The molecule has 0 saturated carbocycles. The monoisotopic (exact) mass is 352 g/mol. The molecule has 0 saturated heterocycles. The third kappa shape index (κ3) is 4.96. The fourth-order valence-electron chi connectivity index (χ4n) is 2.46. The van der Waals surface area contributed by atoms with E-state index in [9.17, 15) is 4.79 Å². The van der Waals surface area contributed by atoms with Gasteiger partial charge in [0, 0.05) is 18.3 Å². The maximum absolute atomic E-state index is 11.9. The molecule has 2 aromatic carbocycles. The van der Waals surface area contributed by atoms with E-state index in [4.69, 9.17) is 9.57 Å². The molecule has 0 bridgehead atoms. The molecule has 0 aliphatic heterocycles. The van der Waals surface area contributed by atoms with Gasteiger partial charge in [0.25, 0.3) is 0 Å². The molecule has 2 aromatic rings. The number of benzene rings is 2. The second kappa shape index (κ2) is 9.42. The molecule has 2 rings (SSSR count). The molecule has 0 unspecified atom stereocenters. The minimum atomic E-state index is -0.378. The highest BCUT2D eigenvalue weighted by Crippen LogP contribution is 2.20. The van der Waals surface area contributed by atoms with Crippen LogP contribution in [0.2, 0.25) is 0 Å². The van der Waals surface area contributed by atoms with E-state index < -0.39 is 0 Å². The van der Waals surface area contributed by atoms with E-state index in [1.807, 2.05) is 68.6 Å². The normalized spacial score (nSPS) is 11.8. The van der Waals surface area contributed by atoms with E-state index in [0.29, 0.717) is 12.3 Å². The van der Waals surface area contributed by atoms with Crippen LogP contribution in [-0.4, -0.2) is 25.8 Å². The Labute approximate surface area is 154 Å². The number of methoxy groups -OCH3 is 1. The third-order valence-electron chi connectivity index (χ3n) is 3.96. The number of esters is 1. The summed E-state index contributed by atoms with van der Waals surface area (Å²) in [6.45, 7) is 4.11. The first-order valence-electron chi connectivity index (χ1n) is 8.36. The number of hydrogen-bond donors (Lipinski definition) is 0. The van der Waals surface area contributed by atoms with Gasteiger partial charge in [-0.15, -0.1) is 0 Å². The zero-order valence-electron chi connectivity index (χ0n) is 15.6. The average molecular weight is 352 g/mol. The van der Waals surface area contributed by atoms with Crippen LogP contribution in [0.25, 0.3) is 0 Å². The van der Waals surface area contributed by atoms with E-state index in [1.165, 1.54) is 7.11 Å². The Bertz CT molecular complexity index is 798. The summed E-state index contributed by atoms with van der Waals surface area (Å²) in [5.74, 6) is -0.378. The topological polar surface area (TPSA) is 51.1 Å². The van der Waals surface area contributed by atoms with Gasteiger partial charge in [0.05, 0.1) is 12.8 Å². The van der Waals surface area contributed by atoms with Gasteiger partial charge in [-0.1, -0.05) is 53.7 Å². The average Bonchev–Trinajstić information content (AvgIpc) is 2.69. The summed E-state index contributed by atoms with van der Waals surface area (Å²) < 4.78 is 4.83. The standard InChI is InChI=1S/C21H24N2O3/c1-5-20(21(24)25-4)23(3)19-13-9-12-18(14-19)16(2)22-26-15-17-10-7-6-8-11-17/h5-14H,15H2,1-4H3. The molecule has 0 radical (unpaired) electrons. The number of carbonyl (C=O) groups excluding carboxylic acids is 1. The molecule has 26 heavy (non-hydrogen) atoms. The summed E-state index contributed by atoms with van der Waals surface area (Å²) in [4.78, 5) is 19.1. The van der Waals surface area contributed by atoms with Crippen molar-refractivity contribution in [2.24, 2.45) is 5.16 Å². The lowest BCUT2D eigenvalue weighted by atomic mass is 10.1. The Morgan fingerprint density at radius 2 is 1.88 bits per heavy atom. The lowest BCUT2D eigenvalue weighted by Crippen LogP contribution is -2.24. The number of carbonyl (C=O) groups is 1. The summed E-state index contributed by atoms with van der Waals surface area (Å²) in [6, 6.07) is 17.6. The lowest BCUT2D eigenvalue weighted by molar-refractivity contribution is -0.136. The zero-order valence-corrected chi connectivity index (χ0v) is 15.6. The SMILES string of the molecule is CC=C(C(=O)OC)N(C)c1cccc(C(C)=NOCc2ccccc2)c1. The maximum atomic E-state index is 11.9. The van der Waals surface area contributed by atoms with E-state index in [2.05, 4.69) is 5.16 Å². The van der Waals surface area contributed by atoms with Gasteiger partial charge in [0.2, 0.25) is 0 Å². The Hall–Kier alpha value is -3.08. The van der Waals surface area contributed by atoms with Crippen LogP contribution in [0, 0.1) is 0 Å². The number of likely N-dealkylation sites (N-methyl/N-ethyl adjacent to an activating group) is 1. The van der Waals surface area contributed by atoms with Gasteiger partial charge in [-0.3, -0.25) is 0 Å². The zero-order chi connectivity index (χ0) is 18.9. The number of hydrogen-bond acceptors (Lipinski definition) is 5. The lowest BCUT2D eigenvalue weighted by Gasteiger charge is -2.21. The minimum Gasteiger partial charge on any atom is -0.464 e. The van der Waals surface area contributed by atoms with Gasteiger partial charge in [-0.05, 0) is 31.5 Å². The minimum absolute atomic E-state index is 0.378. The number of oxime groups is 1. The summed E-state index contributed by atoms with van der Waals surface area (Å²) >= 11 is 0. The molecule has 0 aliphatic carbocycles. The van der Waals surface area contributed by atoms with Crippen LogP contribution in [-0.2, 0) is 21.0 Å². The summed E-state index contributed by atoms with van der Waals surface area (Å²) in [5.41, 5.74) is 4.07. The van der Waals surface area contributed by atoms with Crippen molar-refractivity contribution in [1.82, 2.24) is 0 Å². The van der Waals surface area contributed by atoms with Gasteiger partial charge in [0.15, 0.2) is 0 Å². The summed E-state index contributed by atoms with van der Waals surface area (Å²) in [6.07, 6.45) is 1.72. The number of rotatable bonds is 7. The Morgan fingerprint density at radius 3 is 2.54 bits per heavy atom. The van der Waals surface area contributed by atoms with Crippen molar-refractivity contribution in [1.29, 1.82) is 0 Å². The molecular formula is C21H24N2O3. The quantitative estimate of drug-likeness (QED) is 0.325. The van der Waals surface area contributed by atoms with Crippen molar-refractivity contribution >= 4 is 17.4 Å². The van der Waals surface area contributed by atoms with Crippen molar-refractivity contribution in [3.8, 4) is 0 Å². The molecule has 0 aliphatic rings. The Balaban J connectivity index is 2.12. The van der Waals surface area contributed by atoms with Gasteiger partial charge < -0.3 is 14.5 Å². The third-order valence-corrected chi connectivity index (χ3v) is 3.96. The van der Waals surface area contributed by atoms with E-state index in [1.54, 1.807) is 17.9 Å². The predicted molar refractivity (Wildman–Crippen MR) is 104 cm³/mol. The maximum Gasteiger partial charge on any atom is 0.354 e. The summed E-state index contributed by atoms with van der Waals surface area (Å²) in [5, 5.41) is 4.20. The molecular weight excluding hydrogens is 328 g/mol. The van der Waals surface area contributed by atoms with Crippen LogP contribution in [0.15, 0.2) is 71.5 Å². The summed E-state index contributed by atoms with van der Waals surface area (Å²) in [7, 11) is 3.20. The van der Waals surface area contributed by atoms with Crippen LogP contribution in [0.1, 0.15) is 25.0 Å². The van der Waals surface area contributed by atoms with Crippen LogP contribution in [0.5, 0.6) is 0 Å². The second-order valence-corrected chi connectivity index (χ2v) is 5.71. The van der Waals surface area contributed by atoms with Gasteiger partial charge in [-0.25, -0.2) is 4.79 Å². The Morgan fingerprint density at radius 1 is 1.15 bits per heavy atom. The van der Waals surface area contributed by atoms with Crippen molar-refractivity contribution in [2.75, 3.05) is 19.1 Å². The van der Waals surface area contributed by atoms with Gasteiger partial charge in [-0.2, -0.15) is 0 Å². The second-order valence-electron chi connectivity index (χ2n) is 5.71. The molecule has 0 aromatic heterocycles. The molecule has 5 heteroatoms. The molecule has 0 atom stereocenters. The first-order valence-corrected chi connectivity index (χ1v) is 8.36. The van der Waals surface area contributed by atoms with Crippen LogP contribution >= 0.6 is 0 Å². The van der Waals surface area contributed by atoms with Crippen molar-refractivity contribution in [3.63, 3.8) is 0 Å². The van der Waals surface area contributed by atoms with Crippen LogP contribution in [0.4, 0.5) is 5.69 Å². The molecule has 0 spiro atoms. The highest BCUT2D eigenvalue weighted by atomic mass is 16.6. The molecule has 5 nitrogen and oxygen atoms in total. The molecule has 0 heterocycles. The highest BCUT2D eigenvalue weighted by molar-refractivity contribution is 5.99. The fourth-order valence-corrected chi connectivity index (χ4v) is 2.46. The number of allylic oxidation sites excluding steroid dienone is 1. The molecule has 0 amide bonds. The van der Waals surface area contributed by atoms with Gasteiger partial charge >= 0.3 is 5.97 Å². The Kier molecular flexibility index (Phi) is 6.97. The number of nitrogens with zero attached hydrogens (tertiary/aromatic N) is 2. The van der Waals surface area contributed by atoms with E-state index in [-0.39, 0.29) is 5.97 Å². The molecule has 0 N–H and O–H groups in total. The van der Waals surface area contributed by atoms with E-state index >= 15 is 0 Å². The van der Waals surface area contributed by atoms with Crippen molar-refractivity contribution < 1.29 is 14.4 Å². The first-order chi connectivity index (χ1) is 12.6. The first kappa shape index (κ1) is 19.2. The van der Waals surface area contributed by atoms with Crippen LogP contribution < -0.4 is 4.90 Å². The molecule has 0 fully saturated rings. The van der Waals surface area contributed by atoms with Crippen molar-refractivity contribution in [2.45, 2.75) is 20.5 Å². The van der Waals surface area contributed by atoms with Crippen LogP contribution in [0.3, 0.4) is 0 Å². The van der Waals surface area contributed by atoms with E-state index in [0.717, 1.165) is 22.5 Å². The number of anilines is 1. The van der Waals surface area contributed by atoms with Crippen molar-refractivity contribution in [3.05, 3.63) is 77.5 Å². The largest absolute Gasteiger partial charge is 0.464 e. The highest BCUT2D eigenvalue weighted by Gasteiger charge is 2.15. The van der Waals surface area contributed by atoms with Gasteiger partial charge in [0.1, 0.15) is 12.3 Å². The number of ether oxygens (including phenoxy) is 1.